The van der Waals surface area contributed by atoms with Crippen molar-refractivity contribution in [3.63, 3.8) is 0 Å². The number of anilines is 1. The lowest BCUT2D eigenvalue weighted by Crippen LogP contribution is -2.14. The smallest absolute Gasteiger partial charge is 0.275 e. The van der Waals surface area contributed by atoms with Crippen LogP contribution in [0.1, 0.15) is 16.1 Å². The third-order valence-corrected chi connectivity index (χ3v) is 5.11. The van der Waals surface area contributed by atoms with Crippen LogP contribution in [0.2, 0.25) is 0 Å². The molecule has 0 saturated carbocycles. The molecular formula is C21H18N4O2S. The first-order valence-corrected chi connectivity index (χ1v) is 9.58. The minimum atomic E-state index is -0.245. The maximum absolute atomic E-state index is 12.7. The van der Waals surface area contributed by atoms with Crippen molar-refractivity contribution >= 4 is 22.9 Å². The van der Waals surface area contributed by atoms with E-state index in [0.29, 0.717) is 12.2 Å². The van der Waals surface area contributed by atoms with Gasteiger partial charge in [-0.15, -0.1) is 11.3 Å². The summed E-state index contributed by atoms with van der Waals surface area (Å²) in [4.78, 5) is 17.2. The average Bonchev–Trinajstić information content (AvgIpc) is 3.41. The largest absolute Gasteiger partial charge is 0.496 e. The normalized spacial score (nSPS) is 10.6. The second kappa shape index (κ2) is 8.06. The molecule has 28 heavy (non-hydrogen) atoms. The number of hydrogen-bond donors (Lipinski definition) is 1. The second-order valence-electron chi connectivity index (χ2n) is 6.05. The molecule has 1 amide bonds. The fourth-order valence-corrected chi connectivity index (χ4v) is 3.69. The number of methoxy groups -OCH3 is 1. The van der Waals surface area contributed by atoms with E-state index in [-0.39, 0.29) is 5.91 Å². The van der Waals surface area contributed by atoms with Gasteiger partial charge in [0.2, 0.25) is 0 Å². The van der Waals surface area contributed by atoms with Gasteiger partial charge < -0.3 is 10.1 Å². The van der Waals surface area contributed by atoms with Gasteiger partial charge in [-0.1, -0.05) is 30.3 Å². The van der Waals surface area contributed by atoms with Crippen LogP contribution in [0, 0.1) is 0 Å². The summed E-state index contributed by atoms with van der Waals surface area (Å²) in [7, 11) is 1.62. The molecule has 140 valence electrons. The highest BCUT2D eigenvalue weighted by Crippen LogP contribution is 2.32. The molecule has 2 aromatic heterocycles. The molecule has 0 atom stereocenters. The monoisotopic (exact) mass is 390 g/mol. The Morgan fingerprint density at radius 1 is 1.14 bits per heavy atom. The lowest BCUT2D eigenvalue weighted by Gasteiger charge is -2.10. The Morgan fingerprint density at radius 3 is 2.79 bits per heavy atom. The second-order valence-corrected chi connectivity index (χ2v) is 6.91. The molecule has 0 bridgehead atoms. The number of benzene rings is 2. The van der Waals surface area contributed by atoms with Crippen LogP contribution >= 0.6 is 11.3 Å². The van der Waals surface area contributed by atoms with E-state index in [4.69, 9.17) is 4.74 Å². The van der Waals surface area contributed by atoms with Crippen LogP contribution in [-0.4, -0.2) is 27.8 Å². The van der Waals surface area contributed by atoms with E-state index in [9.17, 15) is 4.79 Å². The Hall–Kier alpha value is -3.45. The zero-order valence-electron chi connectivity index (χ0n) is 15.2. The van der Waals surface area contributed by atoms with Gasteiger partial charge in [-0.25, -0.2) is 4.98 Å². The van der Waals surface area contributed by atoms with Crippen molar-refractivity contribution in [2.24, 2.45) is 0 Å². The van der Waals surface area contributed by atoms with Crippen LogP contribution in [0.5, 0.6) is 5.75 Å². The summed E-state index contributed by atoms with van der Waals surface area (Å²) < 4.78 is 7.20. The molecular weight excluding hydrogens is 372 g/mol. The van der Waals surface area contributed by atoms with Gasteiger partial charge in [-0.2, -0.15) is 5.10 Å². The van der Waals surface area contributed by atoms with Gasteiger partial charge in [0.05, 0.1) is 19.2 Å². The molecule has 1 N–H and O–H groups in total. The van der Waals surface area contributed by atoms with Crippen LogP contribution in [0.25, 0.3) is 10.6 Å². The molecule has 6 nitrogen and oxygen atoms in total. The molecule has 0 aliphatic heterocycles. The van der Waals surface area contributed by atoms with E-state index < -0.39 is 0 Å². The van der Waals surface area contributed by atoms with Gasteiger partial charge >= 0.3 is 0 Å². The zero-order chi connectivity index (χ0) is 19.3. The lowest BCUT2D eigenvalue weighted by molar-refractivity contribution is 0.102. The summed E-state index contributed by atoms with van der Waals surface area (Å²) in [6.07, 6.45) is 3.62. The molecule has 0 radical (unpaired) electrons. The van der Waals surface area contributed by atoms with Crippen LogP contribution in [0.3, 0.4) is 0 Å². The minimum absolute atomic E-state index is 0.245. The SMILES string of the molecule is COc1ccccc1-c1nc(C(=O)Nc2ccccc2Cn2cccn2)cs1. The van der Waals surface area contributed by atoms with Gasteiger partial charge in [0.15, 0.2) is 0 Å². The number of carbonyl (C=O) groups excluding carboxylic acids is 1. The molecule has 4 rings (SSSR count). The molecule has 0 fully saturated rings. The lowest BCUT2D eigenvalue weighted by atomic mass is 10.1. The van der Waals surface area contributed by atoms with Crippen molar-refractivity contribution in [3.05, 3.63) is 83.6 Å². The number of carbonyl (C=O) groups is 1. The summed E-state index contributed by atoms with van der Waals surface area (Å²) in [6.45, 7) is 0.576. The minimum Gasteiger partial charge on any atom is -0.496 e. The fourth-order valence-electron chi connectivity index (χ4n) is 2.86. The summed E-state index contributed by atoms with van der Waals surface area (Å²) in [6, 6.07) is 17.2. The number of amides is 1. The van der Waals surface area contributed by atoms with Crippen LogP contribution in [-0.2, 0) is 6.54 Å². The highest BCUT2D eigenvalue weighted by Gasteiger charge is 2.15. The van der Waals surface area contributed by atoms with Gasteiger partial charge in [0, 0.05) is 23.5 Å². The number of ether oxygens (including phenoxy) is 1. The Kier molecular flexibility index (Phi) is 5.16. The number of nitrogens with one attached hydrogen (secondary N) is 1. The Labute approximate surface area is 166 Å². The summed E-state index contributed by atoms with van der Waals surface area (Å²) in [5, 5.41) is 9.69. The first kappa shape index (κ1) is 17.9. The Morgan fingerprint density at radius 2 is 1.96 bits per heavy atom. The molecule has 0 aliphatic carbocycles. The molecule has 2 heterocycles. The molecule has 0 unspecified atom stereocenters. The summed E-state index contributed by atoms with van der Waals surface area (Å²) in [5.41, 5.74) is 2.96. The number of nitrogens with zero attached hydrogens (tertiary/aromatic N) is 3. The van der Waals surface area contributed by atoms with Crippen molar-refractivity contribution in [2.75, 3.05) is 12.4 Å². The first-order valence-electron chi connectivity index (χ1n) is 8.70. The van der Waals surface area contributed by atoms with E-state index in [2.05, 4.69) is 15.4 Å². The zero-order valence-corrected chi connectivity index (χ0v) is 16.0. The highest BCUT2D eigenvalue weighted by molar-refractivity contribution is 7.13. The third kappa shape index (κ3) is 3.79. The van der Waals surface area contributed by atoms with Gasteiger partial charge in [0.1, 0.15) is 16.5 Å². The molecule has 0 spiro atoms. The van der Waals surface area contributed by atoms with Crippen LogP contribution in [0.4, 0.5) is 5.69 Å². The fraction of sp³-hybridized carbons (Fsp3) is 0.0952. The van der Waals surface area contributed by atoms with Crippen molar-refractivity contribution in [3.8, 4) is 16.3 Å². The maximum atomic E-state index is 12.7. The third-order valence-electron chi connectivity index (χ3n) is 4.23. The predicted octanol–water partition coefficient (Wildman–Crippen LogP) is 4.32. The predicted molar refractivity (Wildman–Crippen MR) is 110 cm³/mol. The van der Waals surface area contributed by atoms with Crippen molar-refractivity contribution in [1.82, 2.24) is 14.8 Å². The number of aromatic nitrogens is 3. The number of rotatable bonds is 6. The molecule has 2 aromatic carbocycles. The Bertz CT molecular complexity index is 1090. The Balaban J connectivity index is 1.55. The number of hydrogen-bond acceptors (Lipinski definition) is 5. The van der Waals surface area contributed by atoms with Gasteiger partial charge in [0.25, 0.3) is 5.91 Å². The highest BCUT2D eigenvalue weighted by atomic mass is 32.1. The topological polar surface area (TPSA) is 69.0 Å². The standard InChI is InChI=1S/C21H18N4O2S/c1-27-19-10-5-3-8-16(19)21-24-18(14-28-21)20(26)23-17-9-4-2-7-15(17)13-25-12-6-11-22-25/h2-12,14H,13H2,1H3,(H,23,26). The number of para-hydroxylation sites is 2. The van der Waals surface area contributed by atoms with Gasteiger partial charge in [-0.05, 0) is 29.8 Å². The first-order chi connectivity index (χ1) is 13.7. The van der Waals surface area contributed by atoms with E-state index in [1.54, 1.807) is 18.7 Å². The average molecular weight is 390 g/mol. The molecule has 0 saturated heterocycles. The van der Waals surface area contributed by atoms with E-state index in [1.807, 2.05) is 65.5 Å². The maximum Gasteiger partial charge on any atom is 0.275 e. The quantitative estimate of drug-likeness (QED) is 0.532. The van der Waals surface area contributed by atoms with E-state index in [0.717, 1.165) is 27.6 Å². The molecule has 4 aromatic rings. The summed E-state index contributed by atoms with van der Waals surface area (Å²) in [5.74, 6) is 0.485. The summed E-state index contributed by atoms with van der Waals surface area (Å²) >= 11 is 1.41. The van der Waals surface area contributed by atoms with Crippen molar-refractivity contribution in [2.45, 2.75) is 6.54 Å². The number of thiazole rings is 1. The van der Waals surface area contributed by atoms with Crippen LogP contribution in [0.15, 0.2) is 72.4 Å². The van der Waals surface area contributed by atoms with E-state index in [1.165, 1.54) is 11.3 Å². The van der Waals surface area contributed by atoms with Gasteiger partial charge in [-0.3, -0.25) is 9.48 Å². The van der Waals surface area contributed by atoms with Crippen LogP contribution < -0.4 is 10.1 Å². The molecule has 0 aliphatic rings. The molecule has 7 heteroatoms. The van der Waals surface area contributed by atoms with Crippen molar-refractivity contribution < 1.29 is 9.53 Å². The van der Waals surface area contributed by atoms with Crippen molar-refractivity contribution in [1.29, 1.82) is 0 Å². The van der Waals surface area contributed by atoms with E-state index >= 15 is 0 Å².